The van der Waals surface area contributed by atoms with Crippen molar-refractivity contribution in [3.05, 3.63) is 88.7 Å². The first-order valence-corrected chi connectivity index (χ1v) is 9.32. The third kappa shape index (κ3) is 3.26. The Labute approximate surface area is 170 Å². The number of anilines is 2. The molecule has 1 aromatic heterocycles. The number of benzene rings is 2. The van der Waals surface area contributed by atoms with Crippen LogP contribution >= 0.6 is 15.9 Å². The zero-order valence-corrected chi connectivity index (χ0v) is 16.2. The maximum atomic E-state index is 13.3. The van der Waals surface area contributed by atoms with Crippen LogP contribution in [-0.4, -0.2) is 23.3 Å². The van der Waals surface area contributed by atoms with Crippen molar-refractivity contribution in [3.63, 3.8) is 0 Å². The number of nitrogens with zero attached hydrogens (tertiary/aromatic N) is 5. The van der Waals surface area contributed by atoms with E-state index in [0.717, 1.165) is 4.47 Å². The van der Waals surface area contributed by atoms with Gasteiger partial charge in [0.1, 0.15) is 11.8 Å². The second-order valence-corrected chi connectivity index (χ2v) is 6.88. The quantitative estimate of drug-likeness (QED) is 0.609. The Balaban J connectivity index is 1.87. The van der Waals surface area contributed by atoms with Gasteiger partial charge in [-0.05, 0) is 52.3 Å². The number of carbonyl (C=O) groups excluding carboxylic acids is 1. The maximum absolute atomic E-state index is 13.3. The molecule has 6 nitrogen and oxygen atoms in total. The summed E-state index contributed by atoms with van der Waals surface area (Å²) in [6.07, 6.45) is 1.69. The molecule has 1 aliphatic rings. The Kier molecular flexibility index (Phi) is 4.87. The predicted molar refractivity (Wildman–Crippen MR) is 111 cm³/mol. The molecular weight excluding hydrogens is 418 g/mol. The van der Waals surface area contributed by atoms with E-state index in [9.17, 15) is 10.1 Å². The van der Waals surface area contributed by atoms with Gasteiger partial charge >= 0.3 is 6.03 Å². The summed E-state index contributed by atoms with van der Waals surface area (Å²) in [7, 11) is 0. The van der Waals surface area contributed by atoms with Crippen molar-refractivity contribution in [2.24, 2.45) is 5.10 Å². The van der Waals surface area contributed by atoms with Crippen LogP contribution in [0.15, 0.2) is 82.5 Å². The number of nitriles is 1. The van der Waals surface area contributed by atoms with Gasteiger partial charge in [0, 0.05) is 10.7 Å². The normalized spacial score (nSPS) is 13.9. The molecule has 4 rings (SSSR count). The summed E-state index contributed by atoms with van der Waals surface area (Å²) in [6.45, 7) is 0.218. The van der Waals surface area contributed by atoms with Gasteiger partial charge in [0.2, 0.25) is 0 Å². The van der Waals surface area contributed by atoms with Crippen molar-refractivity contribution >= 4 is 39.0 Å². The van der Waals surface area contributed by atoms with Gasteiger partial charge in [-0.1, -0.05) is 30.3 Å². The Morgan fingerprint density at radius 1 is 0.964 bits per heavy atom. The van der Waals surface area contributed by atoms with Gasteiger partial charge in [0.25, 0.3) is 0 Å². The first-order valence-electron chi connectivity index (χ1n) is 8.53. The molecule has 136 valence electrons. The lowest BCUT2D eigenvalue weighted by molar-refractivity contribution is 0.251. The minimum absolute atomic E-state index is 0.218. The number of halogens is 1. The highest BCUT2D eigenvalue weighted by Crippen LogP contribution is 2.31. The van der Waals surface area contributed by atoms with Crippen molar-refractivity contribution < 1.29 is 4.79 Å². The van der Waals surface area contributed by atoms with Crippen LogP contribution in [0.4, 0.5) is 16.2 Å². The van der Waals surface area contributed by atoms with Crippen LogP contribution in [0, 0.1) is 11.3 Å². The molecule has 0 aliphatic carbocycles. The summed E-state index contributed by atoms with van der Waals surface area (Å²) in [4.78, 5) is 19.2. The predicted octanol–water partition coefficient (Wildman–Crippen LogP) is 4.57. The Bertz CT molecular complexity index is 1110. The third-order valence-electron chi connectivity index (χ3n) is 4.30. The molecule has 7 heteroatoms. The van der Waals surface area contributed by atoms with E-state index in [1.807, 2.05) is 36.4 Å². The van der Waals surface area contributed by atoms with Crippen molar-refractivity contribution in [2.45, 2.75) is 0 Å². The topological polar surface area (TPSA) is 72.6 Å². The minimum Gasteiger partial charge on any atom is -0.285 e. The van der Waals surface area contributed by atoms with Crippen LogP contribution in [0.2, 0.25) is 0 Å². The summed E-state index contributed by atoms with van der Waals surface area (Å²) in [6, 6.07) is 21.8. The van der Waals surface area contributed by atoms with Gasteiger partial charge in [-0.15, -0.1) is 0 Å². The largest absolute Gasteiger partial charge is 0.350 e. The fraction of sp³-hybridized carbons (Fsp3) is 0.0476. The van der Waals surface area contributed by atoms with Crippen LogP contribution in [-0.2, 0) is 0 Å². The molecule has 0 saturated carbocycles. The van der Waals surface area contributed by atoms with E-state index in [-0.39, 0.29) is 12.6 Å². The molecule has 0 spiro atoms. The number of hydrogen-bond donors (Lipinski definition) is 0. The third-order valence-corrected chi connectivity index (χ3v) is 4.97. The standard InChI is InChI=1S/C21H14BrN5O/c22-16-8-2-4-11-20(16)27-21(28)26(19-10-3-1-7-15(19)13-23)14-18(25-27)17-9-5-6-12-24-17/h1-12H,14H2. The van der Waals surface area contributed by atoms with E-state index in [1.54, 1.807) is 41.4 Å². The van der Waals surface area contributed by atoms with Crippen molar-refractivity contribution in [1.82, 2.24) is 4.98 Å². The SMILES string of the molecule is N#Cc1ccccc1N1CC(c2ccccn2)=NN(c2ccccc2Br)C1=O. The highest BCUT2D eigenvalue weighted by molar-refractivity contribution is 9.10. The molecule has 0 radical (unpaired) electrons. The summed E-state index contributed by atoms with van der Waals surface area (Å²) in [5.41, 5.74) is 2.87. The maximum Gasteiger partial charge on any atom is 0.350 e. The lowest BCUT2D eigenvalue weighted by atomic mass is 10.1. The Hall–Kier alpha value is -3.50. The average Bonchev–Trinajstić information content (AvgIpc) is 2.75. The number of hydrazone groups is 1. The molecule has 0 N–H and O–H groups in total. The first kappa shape index (κ1) is 17.9. The van der Waals surface area contributed by atoms with Crippen LogP contribution in [0.5, 0.6) is 0 Å². The number of para-hydroxylation sites is 2. The van der Waals surface area contributed by atoms with Gasteiger partial charge in [-0.25, -0.2) is 4.79 Å². The number of aromatic nitrogens is 1. The number of amides is 2. The van der Waals surface area contributed by atoms with Gasteiger partial charge in [0.05, 0.1) is 29.2 Å². The second-order valence-electron chi connectivity index (χ2n) is 6.02. The number of hydrogen-bond acceptors (Lipinski definition) is 4. The van der Waals surface area contributed by atoms with Crippen LogP contribution in [0.25, 0.3) is 0 Å². The second kappa shape index (κ2) is 7.62. The van der Waals surface area contributed by atoms with E-state index in [2.05, 4.69) is 32.1 Å². The van der Waals surface area contributed by atoms with E-state index in [4.69, 9.17) is 0 Å². The van der Waals surface area contributed by atoms with Crippen LogP contribution < -0.4 is 9.91 Å². The summed E-state index contributed by atoms with van der Waals surface area (Å²) < 4.78 is 0.739. The van der Waals surface area contributed by atoms with E-state index < -0.39 is 0 Å². The Morgan fingerprint density at radius 3 is 2.39 bits per heavy atom. The highest BCUT2D eigenvalue weighted by Gasteiger charge is 2.33. The molecule has 0 bridgehead atoms. The number of urea groups is 1. The van der Waals surface area contributed by atoms with Gasteiger partial charge in [-0.3, -0.25) is 9.88 Å². The zero-order chi connectivity index (χ0) is 19.5. The smallest absolute Gasteiger partial charge is 0.285 e. The van der Waals surface area contributed by atoms with Gasteiger partial charge < -0.3 is 0 Å². The van der Waals surface area contributed by atoms with Crippen molar-refractivity contribution in [1.29, 1.82) is 5.26 Å². The minimum atomic E-state index is -0.339. The molecular formula is C21H14BrN5O. The summed E-state index contributed by atoms with van der Waals surface area (Å²) in [5.74, 6) is 0. The lowest BCUT2D eigenvalue weighted by Gasteiger charge is -2.33. The van der Waals surface area contributed by atoms with Crippen LogP contribution in [0.3, 0.4) is 0 Å². The van der Waals surface area contributed by atoms with E-state index in [0.29, 0.717) is 28.3 Å². The molecule has 0 saturated heterocycles. The number of pyridine rings is 1. The van der Waals surface area contributed by atoms with Crippen LogP contribution in [0.1, 0.15) is 11.3 Å². The van der Waals surface area contributed by atoms with Gasteiger partial charge in [0.15, 0.2) is 0 Å². The highest BCUT2D eigenvalue weighted by atomic mass is 79.9. The summed E-state index contributed by atoms with van der Waals surface area (Å²) in [5, 5.41) is 15.4. The first-order chi connectivity index (χ1) is 13.7. The zero-order valence-electron chi connectivity index (χ0n) is 14.7. The fourth-order valence-electron chi connectivity index (χ4n) is 2.96. The van der Waals surface area contributed by atoms with E-state index in [1.165, 1.54) is 5.01 Å². The van der Waals surface area contributed by atoms with E-state index >= 15 is 0 Å². The van der Waals surface area contributed by atoms with Crippen molar-refractivity contribution in [3.8, 4) is 6.07 Å². The molecule has 1 aliphatic heterocycles. The number of rotatable bonds is 3. The fourth-order valence-corrected chi connectivity index (χ4v) is 3.42. The monoisotopic (exact) mass is 431 g/mol. The Morgan fingerprint density at radius 2 is 1.68 bits per heavy atom. The lowest BCUT2D eigenvalue weighted by Crippen LogP contribution is -2.49. The van der Waals surface area contributed by atoms with Gasteiger partial charge in [-0.2, -0.15) is 15.4 Å². The summed E-state index contributed by atoms with van der Waals surface area (Å²) >= 11 is 3.49. The molecule has 3 aromatic rings. The molecule has 2 amide bonds. The molecule has 0 fully saturated rings. The molecule has 0 unspecified atom stereocenters. The van der Waals surface area contributed by atoms with Crippen molar-refractivity contribution in [2.75, 3.05) is 16.5 Å². The number of carbonyl (C=O) groups is 1. The average molecular weight is 432 g/mol. The molecule has 0 atom stereocenters. The molecule has 2 aromatic carbocycles. The molecule has 28 heavy (non-hydrogen) atoms. The molecule has 2 heterocycles.